The Kier molecular flexibility index (Phi) is 2.12. The van der Waals surface area contributed by atoms with E-state index in [1.807, 2.05) is 49.5 Å². The van der Waals surface area contributed by atoms with Gasteiger partial charge in [-0.05, 0) is 12.5 Å². The zero-order valence-corrected chi connectivity index (χ0v) is 8.07. The van der Waals surface area contributed by atoms with Crippen LogP contribution in [-0.4, -0.2) is 12.6 Å². The average molecular weight is 188 g/mol. The summed E-state index contributed by atoms with van der Waals surface area (Å²) in [4.78, 5) is 11.8. The summed E-state index contributed by atoms with van der Waals surface area (Å²) in [6.45, 7) is 2.23. The van der Waals surface area contributed by atoms with E-state index in [1.165, 1.54) is 0 Å². The average Bonchev–Trinajstić information content (AvgIpc) is 2.62. The number of hydrogen-bond acceptors (Lipinski definition) is 2. The molecule has 0 aromatic rings. The normalized spacial score (nSPS) is 27.4. The third-order valence-corrected chi connectivity index (χ3v) is 2.47. The zero-order valence-electron chi connectivity index (χ0n) is 8.07. The minimum atomic E-state index is -0.648. The molecule has 0 bridgehead atoms. The zero-order chi connectivity index (χ0) is 10.0. The maximum absolute atomic E-state index is 11.8. The summed E-state index contributed by atoms with van der Waals surface area (Å²) in [6, 6.07) is 0. The second kappa shape index (κ2) is 3.29. The molecule has 0 N–H and O–H groups in total. The van der Waals surface area contributed by atoms with Gasteiger partial charge in [0.25, 0.3) is 0 Å². The van der Waals surface area contributed by atoms with Gasteiger partial charge < -0.3 is 4.74 Å². The molecule has 0 saturated heterocycles. The highest BCUT2D eigenvalue weighted by Gasteiger charge is 2.40. The fourth-order valence-corrected chi connectivity index (χ4v) is 1.75. The van der Waals surface area contributed by atoms with Crippen LogP contribution in [-0.2, 0) is 9.53 Å². The van der Waals surface area contributed by atoms with Gasteiger partial charge in [0.05, 0.1) is 6.61 Å². The summed E-state index contributed by atoms with van der Waals surface area (Å²) < 4.78 is 5.07. The van der Waals surface area contributed by atoms with E-state index in [4.69, 9.17) is 4.74 Å². The number of rotatable bonds is 2. The number of ether oxygens (including phenoxy) is 1. The first kappa shape index (κ1) is 9.00. The summed E-state index contributed by atoms with van der Waals surface area (Å²) in [5.41, 5.74) is 0.337. The highest BCUT2D eigenvalue weighted by atomic mass is 16.5. The molecule has 14 heavy (non-hydrogen) atoms. The van der Waals surface area contributed by atoms with Crippen LogP contribution < -0.4 is 0 Å². The van der Waals surface area contributed by atoms with Gasteiger partial charge in [-0.15, -0.1) is 0 Å². The van der Waals surface area contributed by atoms with E-state index >= 15 is 0 Å². The van der Waals surface area contributed by atoms with Crippen LogP contribution in [0.25, 0.3) is 0 Å². The second-order valence-corrected chi connectivity index (χ2v) is 3.29. The topological polar surface area (TPSA) is 26.3 Å². The van der Waals surface area contributed by atoms with Gasteiger partial charge in [-0.25, -0.2) is 0 Å². The lowest BCUT2D eigenvalue weighted by Gasteiger charge is -2.25. The maximum Gasteiger partial charge on any atom is 0.324 e. The van der Waals surface area contributed by atoms with E-state index in [0.717, 1.165) is 5.57 Å². The van der Waals surface area contributed by atoms with Crippen molar-refractivity contribution in [3.63, 3.8) is 0 Å². The van der Waals surface area contributed by atoms with Crippen molar-refractivity contribution < 1.29 is 9.53 Å². The number of allylic oxidation sites excluding steroid dienone is 5. The molecule has 0 amide bonds. The molecule has 2 aliphatic carbocycles. The van der Waals surface area contributed by atoms with Gasteiger partial charge in [-0.3, -0.25) is 4.79 Å². The molecule has 0 radical (unpaired) electrons. The van der Waals surface area contributed by atoms with E-state index in [1.54, 1.807) is 0 Å². The van der Waals surface area contributed by atoms with E-state index in [0.29, 0.717) is 6.61 Å². The summed E-state index contributed by atoms with van der Waals surface area (Å²) in [6.07, 6.45) is 13.3. The summed E-state index contributed by atoms with van der Waals surface area (Å²) in [5.74, 6) is -0.194. The smallest absolute Gasteiger partial charge is 0.324 e. The first-order valence-electron chi connectivity index (χ1n) is 4.73. The van der Waals surface area contributed by atoms with Gasteiger partial charge in [0.15, 0.2) is 0 Å². The van der Waals surface area contributed by atoms with Gasteiger partial charge in [-0.2, -0.15) is 0 Å². The molecule has 1 unspecified atom stereocenters. The molecule has 0 heterocycles. The quantitative estimate of drug-likeness (QED) is 0.621. The second-order valence-electron chi connectivity index (χ2n) is 3.29. The highest BCUT2D eigenvalue weighted by molar-refractivity contribution is 5.88. The Bertz CT molecular complexity index is 372. The van der Waals surface area contributed by atoms with Crippen LogP contribution in [0.4, 0.5) is 0 Å². The Morgan fingerprint density at radius 1 is 1.36 bits per heavy atom. The summed E-state index contributed by atoms with van der Waals surface area (Å²) >= 11 is 0. The lowest BCUT2D eigenvalue weighted by Crippen LogP contribution is -2.30. The minimum absolute atomic E-state index is 0.194. The van der Waals surface area contributed by atoms with Crippen LogP contribution in [0.15, 0.2) is 48.1 Å². The Labute approximate surface area is 83.3 Å². The lowest BCUT2D eigenvalue weighted by atomic mass is 9.80. The molecule has 2 rings (SSSR count). The van der Waals surface area contributed by atoms with Gasteiger partial charge >= 0.3 is 5.97 Å². The molecule has 0 fully saturated rings. The number of carbonyl (C=O) groups is 1. The molecule has 0 aromatic heterocycles. The number of fused-ring (bicyclic) bond motifs is 1. The van der Waals surface area contributed by atoms with E-state index < -0.39 is 5.41 Å². The third kappa shape index (κ3) is 1.15. The molecule has 2 nitrogen and oxygen atoms in total. The van der Waals surface area contributed by atoms with Crippen molar-refractivity contribution >= 4 is 5.97 Å². The maximum atomic E-state index is 11.8. The third-order valence-electron chi connectivity index (χ3n) is 2.47. The van der Waals surface area contributed by atoms with Crippen LogP contribution in [0.1, 0.15) is 6.92 Å². The van der Waals surface area contributed by atoms with Gasteiger partial charge in [0.2, 0.25) is 0 Å². The predicted octanol–water partition coefficient (Wildman–Crippen LogP) is 2.16. The monoisotopic (exact) mass is 188 g/mol. The molecule has 2 aliphatic rings. The largest absolute Gasteiger partial charge is 0.465 e. The van der Waals surface area contributed by atoms with Crippen LogP contribution in [0.2, 0.25) is 0 Å². The predicted molar refractivity (Wildman–Crippen MR) is 54.6 cm³/mol. The Morgan fingerprint density at radius 3 is 2.93 bits per heavy atom. The standard InChI is InChI=1S/C12H12O2/c1-2-14-11(13)12-8-4-3-6-10(12)7-5-9-12/h3-9H,2H2,1H3. The van der Waals surface area contributed by atoms with Crippen molar-refractivity contribution in [3.05, 3.63) is 48.1 Å². The molecular formula is C12H12O2. The summed E-state index contributed by atoms with van der Waals surface area (Å²) in [7, 11) is 0. The fourth-order valence-electron chi connectivity index (χ4n) is 1.75. The first-order valence-corrected chi connectivity index (χ1v) is 4.73. The van der Waals surface area contributed by atoms with Crippen LogP contribution in [0, 0.1) is 5.41 Å². The number of hydrogen-bond donors (Lipinski definition) is 0. The Balaban J connectivity index is 2.35. The molecule has 72 valence electrons. The van der Waals surface area contributed by atoms with Crippen molar-refractivity contribution in [2.45, 2.75) is 6.92 Å². The van der Waals surface area contributed by atoms with Crippen LogP contribution >= 0.6 is 0 Å². The SMILES string of the molecule is CCOC(=O)C12C=CC=CC1=CC=C2. The van der Waals surface area contributed by atoms with Crippen molar-refractivity contribution in [3.8, 4) is 0 Å². The Hall–Kier alpha value is -1.57. The van der Waals surface area contributed by atoms with Crippen LogP contribution in [0.3, 0.4) is 0 Å². The molecule has 0 spiro atoms. The number of carbonyl (C=O) groups excluding carboxylic acids is 1. The van der Waals surface area contributed by atoms with Gasteiger partial charge in [0.1, 0.15) is 5.41 Å². The Morgan fingerprint density at radius 2 is 2.14 bits per heavy atom. The number of esters is 1. The first-order chi connectivity index (χ1) is 6.79. The van der Waals surface area contributed by atoms with Crippen molar-refractivity contribution in [1.82, 2.24) is 0 Å². The van der Waals surface area contributed by atoms with E-state index in [-0.39, 0.29) is 5.97 Å². The minimum Gasteiger partial charge on any atom is -0.465 e. The molecule has 1 atom stereocenters. The lowest BCUT2D eigenvalue weighted by molar-refractivity contribution is -0.148. The molecule has 0 aromatic carbocycles. The molecular weight excluding hydrogens is 176 g/mol. The van der Waals surface area contributed by atoms with Crippen molar-refractivity contribution in [1.29, 1.82) is 0 Å². The highest BCUT2D eigenvalue weighted by Crippen LogP contribution is 2.39. The van der Waals surface area contributed by atoms with E-state index in [2.05, 4.69) is 0 Å². The summed E-state index contributed by atoms with van der Waals surface area (Å²) in [5, 5.41) is 0. The van der Waals surface area contributed by atoms with Crippen LogP contribution in [0.5, 0.6) is 0 Å². The molecule has 0 aliphatic heterocycles. The molecule has 0 saturated carbocycles. The van der Waals surface area contributed by atoms with Crippen molar-refractivity contribution in [2.75, 3.05) is 6.61 Å². The van der Waals surface area contributed by atoms with E-state index in [9.17, 15) is 4.79 Å². The van der Waals surface area contributed by atoms with Crippen molar-refractivity contribution in [2.24, 2.45) is 5.41 Å². The molecule has 2 heteroatoms. The van der Waals surface area contributed by atoms with Gasteiger partial charge in [-0.1, -0.05) is 42.5 Å². The van der Waals surface area contributed by atoms with Gasteiger partial charge in [0, 0.05) is 0 Å². The fraction of sp³-hybridized carbons (Fsp3) is 0.250.